The van der Waals surface area contributed by atoms with Crippen LogP contribution in [0, 0.1) is 6.92 Å². The molecule has 0 bridgehead atoms. The zero-order valence-corrected chi connectivity index (χ0v) is 9.83. The summed E-state index contributed by atoms with van der Waals surface area (Å²) in [7, 11) is 0. The topological polar surface area (TPSA) is 20.2 Å². The molecule has 0 fully saturated rings. The average molecular weight is 233 g/mol. The summed E-state index contributed by atoms with van der Waals surface area (Å²) < 4.78 is 0. The Kier molecular flexibility index (Phi) is 3.16. The molecule has 2 aromatic carbocycles. The van der Waals surface area contributed by atoms with Gasteiger partial charge in [0, 0.05) is 11.4 Å². The lowest BCUT2D eigenvalue weighted by Gasteiger charge is -2.07. The molecule has 0 spiro atoms. The minimum atomic E-state index is 0.387. The van der Waals surface area contributed by atoms with Crippen LogP contribution in [0.4, 0.5) is 0 Å². The van der Waals surface area contributed by atoms with Gasteiger partial charge in [0.1, 0.15) is 5.75 Å². The lowest BCUT2D eigenvalue weighted by Crippen LogP contribution is -1.90. The predicted octanol–water partition coefficient (Wildman–Crippen LogP) is 3.94. The molecule has 2 heteroatoms. The van der Waals surface area contributed by atoms with Gasteiger partial charge < -0.3 is 5.11 Å². The number of aryl methyl sites for hydroxylation is 1. The Morgan fingerprint density at radius 2 is 1.75 bits per heavy atom. The quantitative estimate of drug-likeness (QED) is 0.832. The van der Waals surface area contributed by atoms with E-state index in [1.165, 1.54) is 0 Å². The summed E-state index contributed by atoms with van der Waals surface area (Å²) >= 11 is 5.82. The van der Waals surface area contributed by atoms with Gasteiger partial charge in [-0.1, -0.05) is 41.9 Å². The first kappa shape index (κ1) is 11.0. The fourth-order valence-electron chi connectivity index (χ4n) is 1.68. The Balaban J connectivity index is 2.27. The van der Waals surface area contributed by atoms with Gasteiger partial charge in [-0.25, -0.2) is 0 Å². The molecule has 0 aliphatic carbocycles. The zero-order chi connectivity index (χ0) is 11.5. The van der Waals surface area contributed by atoms with Crippen LogP contribution >= 0.6 is 11.6 Å². The third-order valence-corrected chi connectivity index (χ3v) is 2.88. The van der Waals surface area contributed by atoms with Crippen molar-refractivity contribution in [3.05, 3.63) is 64.2 Å². The predicted molar refractivity (Wildman–Crippen MR) is 67.1 cm³/mol. The average Bonchev–Trinajstić information content (AvgIpc) is 2.28. The Bertz CT molecular complexity index is 489. The van der Waals surface area contributed by atoms with E-state index in [-0.39, 0.29) is 0 Å². The van der Waals surface area contributed by atoms with Crippen LogP contribution in [0.2, 0.25) is 5.02 Å². The number of hydrogen-bond donors (Lipinski definition) is 1. The maximum Gasteiger partial charge on any atom is 0.122 e. The second kappa shape index (κ2) is 4.58. The monoisotopic (exact) mass is 232 g/mol. The molecule has 0 aromatic heterocycles. The largest absolute Gasteiger partial charge is 0.507 e. The third kappa shape index (κ3) is 2.37. The highest BCUT2D eigenvalue weighted by Gasteiger charge is 2.04. The zero-order valence-electron chi connectivity index (χ0n) is 9.07. The summed E-state index contributed by atoms with van der Waals surface area (Å²) in [6.07, 6.45) is 0.727. The van der Waals surface area contributed by atoms with E-state index in [1.807, 2.05) is 49.4 Å². The van der Waals surface area contributed by atoms with Gasteiger partial charge in [0.2, 0.25) is 0 Å². The molecule has 1 nitrogen and oxygen atoms in total. The number of phenolic OH excluding ortho intramolecular Hbond substituents is 1. The van der Waals surface area contributed by atoms with Crippen LogP contribution in [0.1, 0.15) is 16.7 Å². The van der Waals surface area contributed by atoms with E-state index in [2.05, 4.69) is 0 Å². The number of benzene rings is 2. The van der Waals surface area contributed by atoms with E-state index < -0.39 is 0 Å². The number of halogens is 1. The molecule has 0 heterocycles. The van der Waals surface area contributed by atoms with E-state index in [0.29, 0.717) is 5.75 Å². The Morgan fingerprint density at radius 1 is 1.06 bits per heavy atom. The maximum absolute atomic E-state index is 9.89. The van der Waals surface area contributed by atoms with Gasteiger partial charge in [-0.3, -0.25) is 0 Å². The van der Waals surface area contributed by atoms with Crippen molar-refractivity contribution in [2.45, 2.75) is 13.3 Å². The van der Waals surface area contributed by atoms with E-state index in [4.69, 9.17) is 11.6 Å². The van der Waals surface area contributed by atoms with Crippen molar-refractivity contribution >= 4 is 11.6 Å². The smallest absolute Gasteiger partial charge is 0.122 e. The third-order valence-electron chi connectivity index (χ3n) is 2.63. The highest BCUT2D eigenvalue weighted by atomic mass is 35.5. The normalized spacial score (nSPS) is 10.4. The van der Waals surface area contributed by atoms with E-state index in [1.54, 1.807) is 0 Å². The fourth-order valence-corrected chi connectivity index (χ4v) is 1.81. The van der Waals surface area contributed by atoms with Crippen molar-refractivity contribution in [1.29, 1.82) is 0 Å². The molecule has 0 saturated heterocycles. The molecule has 2 aromatic rings. The summed E-state index contributed by atoms with van der Waals surface area (Å²) in [5, 5.41) is 10.6. The first-order valence-electron chi connectivity index (χ1n) is 5.19. The number of phenols is 1. The number of rotatable bonds is 2. The second-order valence-electron chi connectivity index (χ2n) is 3.89. The van der Waals surface area contributed by atoms with Crippen LogP contribution in [-0.4, -0.2) is 5.11 Å². The van der Waals surface area contributed by atoms with E-state index in [0.717, 1.165) is 28.1 Å². The summed E-state index contributed by atoms with van der Waals surface area (Å²) in [5.41, 5.74) is 3.00. The van der Waals surface area contributed by atoms with Gasteiger partial charge in [0.15, 0.2) is 0 Å². The summed E-state index contributed by atoms with van der Waals surface area (Å²) in [5.74, 6) is 0.387. The summed E-state index contributed by atoms with van der Waals surface area (Å²) in [6, 6.07) is 13.5. The molecule has 0 amide bonds. The van der Waals surface area contributed by atoms with Gasteiger partial charge in [-0.15, -0.1) is 0 Å². The molecule has 16 heavy (non-hydrogen) atoms. The number of aromatic hydroxyl groups is 1. The molecule has 82 valence electrons. The van der Waals surface area contributed by atoms with Crippen LogP contribution in [0.15, 0.2) is 42.5 Å². The molecular formula is C14H13ClO. The van der Waals surface area contributed by atoms with Crippen LogP contribution in [0.5, 0.6) is 5.75 Å². The molecule has 2 rings (SSSR count). The van der Waals surface area contributed by atoms with Gasteiger partial charge in [0.05, 0.1) is 0 Å². The standard InChI is InChI=1S/C14H13ClO/c1-10-3-2-4-12(14(10)16)9-11-5-7-13(15)8-6-11/h2-8,16H,9H2,1H3. The molecule has 0 atom stereocenters. The van der Waals surface area contributed by atoms with Crippen molar-refractivity contribution < 1.29 is 5.11 Å². The minimum Gasteiger partial charge on any atom is -0.507 e. The highest BCUT2D eigenvalue weighted by molar-refractivity contribution is 6.30. The Morgan fingerprint density at radius 3 is 2.44 bits per heavy atom. The fraction of sp³-hybridized carbons (Fsp3) is 0.143. The van der Waals surface area contributed by atoms with Crippen molar-refractivity contribution in [1.82, 2.24) is 0 Å². The first-order valence-corrected chi connectivity index (χ1v) is 5.56. The van der Waals surface area contributed by atoms with Gasteiger partial charge >= 0.3 is 0 Å². The van der Waals surface area contributed by atoms with E-state index >= 15 is 0 Å². The molecule has 0 aliphatic heterocycles. The molecule has 0 aliphatic rings. The number of hydrogen-bond acceptors (Lipinski definition) is 1. The molecule has 0 unspecified atom stereocenters. The van der Waals surface area contributed by atoms with Crippen molar-refractivity contribution in [3.63, 3.8) is 0 Å². The van der Waals surface area contributed by atoms with Gasteiger partial charge in [0.25, 0.3) is 0 Å². The van der Waals surface area contributed by atoms with Crippen molar-refractivity contribution in [2.24, 2.45) is 0 Å². The molecule has 1 N–H and O–H groups in total. The van der Waals surface area contributed by atoms with Gasteiger partial charge in [-0.05, 0) is 35.7 Å². The number of para-hydroxylation sites is 1. The lowest BCUT2D eigenvalue weighted by atomic mass is 10.0. The first-order chi connectivity index (χ1) is 7.66. The molecular weight excluding hydrogens is 220 g/mol. The summed E-state index contributed by atoms with van der Waals surface area (Å²) in [6.45, 7) is 1.90. The van der Waals surface area contributed by atoms with Crippen LogP contribution < -0.4 is 0 Å². The van der Waals surface area contributed by atoms with Crippen molar-refractivity contribution in [2.75, 3.05) is 0 Å². The molecule has 0 radical (unpaired) electrons. The highest BCUT2D eigenvalue weighted by Crippen LogP contribution is 2.24. The lowest BCUT2D eigenvalue weighted by molar-refractivity contribution is 0.465. The van der Waals surface area contributed by atoms with Gasteiger partial charge in [-0.2, -0.15) is 0 Å². The second-order valence-corrected chi connectivity index (χ2v) is 4.32. The van der Waals surface area contributed by atoms with Crippen LogP contribution in [0.3, 0.4) is 0 Å². The molecule has 0 saturated carbocycles. The minimum absolute atomic E-state index is 0.387. The Labute approximate surface area is 100 Å². The summed E-state index contributed by atoms with van der Waals surface area (Å²) in [4.78, 5) is 0. The van der Waals surface area contributed by atoms with Crippen LogP contribution in [-0.2, 0) is 6.42 Å². The Hall–Kier alpha value is -1.47. The maximum atomic E-state index is 9.89. The van der Waals surface area contributed by atoms with E-state index in [9.17, 15) is 5.11 Å². The van der Waals surface area contributed by atoms with Crippen LogP contribution in [0.25, 0.3) is 0 Å². The van der Waals surface area contributed by atoms with Crippen molar-refractivity contribution in [3.8, 4) is 5.75 Å². The SMILES string of the molecule is Cc1cccc(Cc2ccc(Cl)cc2)c1O.